The van der Waals surface area contributed by atoms with Gasteiger partial charge in [0.25, 0.3) is 0 Å². The van der Waals surface area contributed by atoms with Crippen molar-refractivity contribution in [1.29, 1.82) is 5.26 Å². The van der Waals surface area contributed by atoms with E-state index in [0.29, 0.717) is 25.1 Å². The molecule has 4 rings (SSSR count). The summed E-state index contributed by atoms with van der Waals surface area (Å²) >= 11 is 0. The number of nitriles is 1. The van der Waals surface area contributed by atoms with Crippen molar-refractivity contribution in [3.8, 4) is 6.07 Å². The summed E-state index contributed by atoms with van der Waals surface area (Å²) in [5.41, 5.74) is 3.76. The second-order valence-electron chi connectivity index (χ2n) is 6.48. The van der Waals surface area contributed by atoms with E-state index in [0.717, 1.165) is 16.8 Å². The molecule has 1 aromatic heterocycles. The third-order valence-corrected chi connectivity index (χ3v) is 4.80. The van der Waals surface area contributed by atoms with E-state index < -0.39 is 0 Å². The van der Waals surface area contributed by atoms with Crippen LogP contribution in [0.4, 0.5) is 0 Å². The van der Waals surface area contributed by atoms with Crippen LogP contribution in [0.2, 0.25) is 0 Å². The molecule has 0 N–H and O–H groups in total. The SMILES string of the molecule is N#Cc1ccc(C2CC(=O)N(Cc3ccccc3)Cc3cncn32)cc1. The van der Waals surface area contributed by atoms with Gasteiger partial charge in [-0.3, -0.25) is 4.79 Å². The topological polar surface area (TPSA) is 61.9 Å². The lowest BCUT2D eigenvalue weighted by Gasteiger charge is -2.21. The van der Waals surface area contributed by atoms with Gasteiger partial charge < -0.3 is 9.47 Å². The lowest BCUT2D eigenvalue weighted by molar-refractivity contribution is -0.132. The van der Waals surface area contributed by atoms with E-state index in [-0.39, 0.29) is 11.9 Å². The minimum absolute atomic E-state index is 0.103. The highest BCUT2D eigenvalue weighted by molar-refractivity contribution is 5.77. The van der Waals surface area contributed by atoms with Crippen LogP contribution in [0.25, 0.3) is 0 Å². The van der Waals surface area contributed by atoms with Gasteiger partial charge in [-0.05, 0) is 23.3 Å². The summed E-state index contributed by atoms with van der Waals surface area (Å²) in [4.78, 5) is 19.1. The van der Waals surface area contributed by atoms with Crippen LogP contribution in [0.15, 0.2) is 67.1 Å². The third-order valence-electron chi connectivity index (χ3n) is 4.80. The molecule has 2 aromatic carbocycles. The smallest absolute Gasteiger partial charge is 0.225 e. The van der Waals surface area contributed by atoms with Crippen LogP contribution in [-0.2, 0) is 17.9 Å². The molecule has 1 amide bonds. The fraction of sp³-hybridized carbons (Fsp3) is 0.190. The Morgan fingerprint density at radius 2 is 1.88 bits per heavy atom. The Kier molecular flexibility index (Phi) is 4.24. The first-order valence-corrected chi connectivity index (χ1v) is 8.57. The maximum absolute atomic E-state index is 12.9. The van der Waals surface area contributed by atoms with Crippen molar-refractivity contribution in [3.05, 3.63) is 89.5 Å². The maximum Gasteiger partial charge on any atom is 0.225 e. The van der Waals surface area contributed by atoms with Crippen molar-refractivity contribution in [2.24, 2.45) is 0 Å². The molecule has 0 bridgehead atoms. The van der Waals surface area contributed by atoms with Gasteiger partial charge in [0, 0.05) is 12.7 Å². The van der Waals surface area contributed by atoms with Crippen molar-refractivity contribution in [1.82, 2.24) is 14.5 Å². The minimum Gasteiger partial charge on any atom is -0.332 e. The second kappa shape index (κ2) is 6.85. The van der Waals surface area contributed by atoms with Gasteiger partial charge >= 0.3 is 0 Å². The van der Waals surface area contributed by atoms with Crippen molar-refractivity contribution in [2.75, 3.05) is 0 Å². The van der Waals surface area contributed by atoms with Gasteiger partial charge in [-0.1, -0.05) is 42.5 Å². The molecule has 0 spiro atoms. The number of carbonyl (C=O) groups is 1. The molecule has 1 atom stereocenters. The number of aromatic nitrogens is 2. The molecular weight excluding hydrogens is 324 g/mol. The highest BCUT2D eigenvalue weighted by atomic mass is 16.2. The summed E-state index contributed by atoms with van der Waals surface area (Å²) in [6, 6.07) is 19.5. The molecule has 0 aliphatic carbocycles. The lowest BCUT2D eigenvalue weighted by Crippen LogP contribution is -2.29. The number of benzene rings is 2. The quantitative estimate of drug-likeness (QED) is 0.734. The van der Waals surface area contributed by atoms with Crippen molar-refractivity contribution < 1.29 is 4.79 Å². The Morgan fingerprint density at radius 3 is 2.62 bits per heavy atom. The first-order chi connectivity index (χ1) is 12.7. The number of fused-ring (bicyclic) bond motifs is 1. The van der Waals surface area contributed by atoms with Crippen LogP contribution in [0.5, 0.6) is 0 Å². The lowest BCUT2D eigenvalue weighted by atomic mass is 10.0. The predicted molar refractivity (Wildman–Crippen MR) is 96.8 cm³/mol. The third kappa shape index (κ3) is 3.09. The number of hydrogen-bond acceptors (Lipinski definition) is 3. The molecule has 1 unspecified atom stereocenters. The molecule has 0 fully saturated rings. The van der Waals surface area contributed by atoms with Gasteiger partial charge in [-0.25, -0.2) is 4.98 Å². The summed E-state index contributed by atoms with van der Waals surface area (Å²) in [6.07, 6.45) is 3.99. The maximum atomic E-state index is 12.9. The summed E-state index contributed by atoms with van der Waals surface area (Å²) < 4.78 is 2.07. The van der Waals surface area contributed by atoms with Crippen LogP contribution in [0.1, 0.15) is 34.8 Å². The summed E-state index contributed by atoms with van der Waals surface area (Å²) in [7, 11) is 0. The number of rotatable bonds is 3. The van der Waals surface area contributed by atoms with Crippen LogP contribution >= 0.6 is 0 Å². The zero-order valence-corrected chi connectivity index (χ0v) is 14.2. The average molecular weight is 342 g/mol. The zero-order valence-electron chi connectivity index (χ0n) is 14.2. The minimum atomic E-state index is -0.103. The molecule has 1 aliphatic rings. The average Bonchev–Trinajstić information content (AvgIpc) is 3.09. The molecule has 0 saturated carbocycles. The van der Waals surface area contributed by atoms with Gasteiger partial charge in [0.1, 0.15) is 0 Å². The Morgan fingerprint density at radius 1 is 1.12 bits per heavy atom. The predicted octanol–water partition coefficient (Wildman–Crippen LogP) is 3.28. The second-order valence-corrected chi connectivity index (χ2v) is 6.48. The molecule has 0 saturated heterocycles. The number of imidazole rings is 1. The molecule has 5 nitrogen and oxygen atoms in total. The molecule has 26 heavy (non-hydrogen) atoms. The van der Waals surface area contributed by atoms with Gasteiger partial charge in [-0.2, -0.15) is 5.26 Å². The van der Waals surface area contributed by atoms with Crippen molar-refractivity contribution >= 4 is 5.91 Å². The van der Waals surface area contributed by atoms with E-state index in [1.807, 2.05) is 53.6 Å². The van der Waals surface area contributed by atoms with E-state index in [1.54, 1.807) is 18.5 Å². The van der Waals surface area contributed by atoms with E-state index >= 15 is 0 Å². The number of carbonyl (C=O) groups excluding carboxylic acids is 1. The van der Waals surface area contributed by atoms with E-state index in [4.69, 9.17) is 5.26 Å². The van der Waals surface area contributed by atoms with Crippen LogP contribution in [-0.4, -0.2) is 20.4 Å². The van der Waals surface area contributed by atoms with Gasteiger partial charge in [0.15, 0.2) is 0 Å². The fourth-order valence-corrected chi connectivity index (χ4v) is 3.42. The first kappa shape index (κ1) is 16.1. The fourth-order valence-electron chi connectivity index (χ4n) is 3.42. The summed E-state index contributed by atoms with van der Waals surface area (Å²) in [5.74, 6) is 0.118. The van der Waals surface area contributed by atoms with Crippen LogP contribution in [0, 0.1) is 11.3 Å². The molecule has 3 aromatic rings. The Hall–Kier alpha value is -3.39. The number of amides is 1. The van der Waals surface area contributed by atoms with Crippen LogP contribution < -0.4 is 0 Å². The first-order valence-electron chi connectivity index (χ1n) is 8.57. The largest absolute Gasteiger partial charge is 0.332 e. The summed E-state index contributed by atoms with van der Waals surface area (Å²) in [6.45, 7) is 1.13. The molecule has 128 valence electrons. The Bertz CT molecular complexity index is 954. The van der Waals surface area contributed by atoms with Gasteiger partial charge in [-0.15, -0.1) is 0 Å². The molecule has 1 aliphatic heterocycles. The highest BCUT2D eigenvalue weighted by Gasteiger charge is 2.28. The Labute approximate surface area is 152 Å². The van der Waals surface area contributed by atoms with E-state index in [9.17, 15) is 4.79 Å². The highest BCUT2D eigenvalue weighted by Crippen LogP contribution is 2.29. The molecular formula is C21H18N4O. The summed E-state index contributed by atoms with van der Waals surface area (Å²) in [5, 5.41) is 9.00. The zero-order chi connectivity index (χ0) is 17.9. The van der Waals surface area contributed by atoms with Gasteiger partial charge in [0.05, 0.1) is 42.7 Å². The monoisotopic (exact) mass is 342 g/mol. The molecule has 0 radical (unpaired) electrons. The standard InChI is InChI=1S/C21H18N4O/c22-11-16-6-8-18(9-7-16)20-10-21(26)24(13-17-4-2-1-3-5-17)14-19-12-23-15-25(19)20/h1-9,12,15,20H,10,13-14H2. The van der Waals surface area contributed by atoms with Crippen molar-refractivity contribution in [2.45, 2.75) is 25.6 Å². The van der Waals surface area contributed by atoms with E-state index in [2.05, 4.69) is 15.6 Å². The molecule has 2 heterocycles. The normalized spacial score (nSPS) is 16.7. The van der Waals surface area contributed by atoms with Gasteiger partial charge in [0.2, 0.25) is 5.91 Å². The molecule has 5 heteroatoms. The number of nitrogens with zero attached hydrogens (tertiary/aromatic N) is 4. The van der Waals surface area contributed by atoms with Crippen molar-refractivity contribution in [3.63, 3.8) is 0 Å². The van der Waals surface area contributed by atoms with E-state index in [1.165, 1.54) is 0 Å². The Balaban J connectivity index is 1.65. The number of hydrogen-bond donors (Lipinski definition) is 0. The van der Waals surface area contributed by atoms with Crippen LogP contribution in [0.3, 0.4) is 0 Å².